The molecule has 5 aliphatic rings. The van der Waals surface area contributed by atoms with Crippen molar-refractivity contribution in [2.24, 2.45) is 0 Å². The second-order valence-corrected chi connectivity index (χ2v) is 19.0. The fourth-order valence-corrected chi connectivity index (χ4v) is 9.11. The van der Waals surface area contributed by atoms with Crippen LogP contribution in [0, 0.1) is 0 Å². The Morgan fingerprint density at radius 2 is 0.882 bits per heavy atom. The zero-order valence-electron chi connectivity index (χ0n) is 39.5. The van der Waals surface area contributed by atoms with Crippen LogP contribution in [-0.4, -0.2) is 240 Å². The van der Waals surface area contributed by atoms with E-state index in [-0.39, 0.29) is 6.61 Å². The van der Waals surface area contributed by atoms with E-state index in [9.17, 15) is 66.4 Å². The monoisotopic (exact) mass is 991 g/mol. The van der Waals surface area contributed by atoms with Gasteiger partial charge >= 0.3 is 0 Å². The quantitative estimate of drug-likeness (QED) is 0.0392. The zero-order chi connectivity index (χ0) is 49.7. The third kappa shape index (κ3) is 15.3. The van der Waals surface area contributed by atoms with E-state index in [2.05, 4.69) is 6.92 Å². The Morgan fingerprint density at radius 3 is 1.50 bits per heavy atom. The normalized spacial score (nSPS) is 44.8. The van der Waals surface area contributed by atoms with Gasteiger partial charge in [0.1, 0.15) is 104 Å². The smallest absolute Gasteiger partial charge is 0.187 e. The number of hydrogen-bond donors (Lipinski definition) is 13. The second-order valence-electron chi connectivity index (χ2n) is 19.0. The van der Waals surface area contributed by atoms with Crippen LogP contribution >= 0.6 is 0 Å². The van der Waals surface area contributed by atoms with Crippen molar-refractivity contribution in [2.75, 3.05) is 26.4 Å². The molecule has 0 amide bonds. The molecule has 0 aromatic heterocycles. The minimum atomic E-state index is -1.92. The highest BCUT2D eigenvalue weighted by molar-refractivity contribution is 4.98. The van der Waals surface area contributed by atoms with Gasteiger partial charge in [0.05, 0.1) is 32.0 Å². The minimum Gasteiger partial charge on any atom is -0.394 e. The Hall–Kier alpha value is -0.920. The molecule has 0 aromatic rings. The lowest BCUT2D eigenvalue weighted by atomic mass is 9.95. The average Bonchev–Trinajstić information content (AvgIpc) is 3.32. The molecular formula is C45H82O23. The summed E-state index contributed by atoms with van der Waals surface area (Å²) in [5.41, 5.74) is 0. The van der Waals surface area contributed by atoms with Gasteiger partial charge in [0.25, 0.3) is 0 Å². The Labute approximate surface area is 397 Å². The summed E-state index contributed by atoms with van der Waals surface area (Å²) < 4.78 is 58.1. The molecule has 400 valence electrons. The highest BCUT2D eigenvalue weighted by atomic mass is 16.8. The highest BCUT2D eigenvalue weighted by Crippen LogP contribution is 2.36. The number of unbranched alkanes of at least 4 members (excludes halogenated alkanes) is 13. The zero-order valence-corrected chi connectivity index (χ0v) is 39.5. The number of rotatable bonds is 26. The molecule has 13 N–H and O–H groups in total. The van der Waals surface area contributed by atoms with Gasteiger partial charge in [-0.05, 0) is 20.3 Å². The summed E-state index contributed by atoms with van der Waals surface area (Å²) in [4.78, 5) is 0. The van der Waals surface area contributed by atoms with Crippen molar-refractivity contribution in [2.45, 2.75) is 258 Å². The standard InChI is InChI=1S/C45H82O23/c1-4-5-6-7-8-9-10-11-12-13-14-15-16-17-18-59-41-35(56)33(54)30(51)26(65-41)21-61-43-37(58)38(28(49)23(3)62-43)66-45-40(68-44-36(57)32(53)27(48)22(2)63-44)39(31(52)25(19-46)64-45)67-42-34(55)29(50)24(47)20-60-42/h22-58H,4-21H2,1-3H3/t22-,23-,24+,25+,26+,27+,28+,29-,30+,31+,32+,33-,34+,35+,36+,37+,38+,39-,40+,41-,42-,43-,44-,45-/m0/s1. The molecule has 5 aliphatic heterocycles. The van der Waals surface area contributed by atoms with E-state index in [0.29, 0.717) is 6.42 Å². The van der Waals surface area contributed by atoms with Gasteiger partial charge in [-0.1, -0.05) is 90.4 Å². The molecule has 0 unspecified atom stereocenters. The molecule has 23 heteroatoms. The van der Waals surface area contributed by atoms with Gasteiger partial charge in [-0.15, -0.1) is 0 Å². The fourth-order valence-electron chi connectivity index (χ4n) is 9.11. The third-order valence-corrected chi connectivity index (χ3v) is 13.6. The average molecular weight is 991 g/mol. The largest absolute Gasteiger partial charge is 0.394 e. The molecule has 0 aromatic carbocycles. The summed E-state index contributed by atoms with van der Waals surface area (Å²) in [6.07, 6.45) is -23.1. The Kier molecular flexibility index (Phi) is 24.3. The van der Waals surface area contributed by atoms with Crippen molar-refractivity contribution < 1.29 is 114 Å². The van der Waals surface area contributed by atoms with Gasteiger partial charge in [-0.2, -0.15) is 0 Å². The first-order valence-electron chi connectivity index (χ1n) is 24.7. The lowest BCUT2D eigenvalue weighted by Crippen LogP contribution is -2.68. The van der Waals surface area contributed by atoms with Crippen LogP contribution < -0.4 is 0 Å². The highest BCUT2D eigenvalue weighted by Gasteiger charge is 2.56. The SMILES string of the molecule is CCCCCCCCCCCCCCCCO[C@H]1O[C@H](CO[C@H]2O[C@@H](C)[C@@H](O)[C@@H](O[C@@H]3O[C@H](CO)[C@@H](O)[C@H](O[C@@H]4OC[C@@H](O)[C@H](O)[C@H]4O)[C@H]3O[C@@H]3O[C@@H](C)[C@@H](O)[C@@H](O)[C@H]3O)[C@H]2O)[C@@H](O)[C@H](O)[C@H]1O. The summed E-state index contributed by atoms with van der Waals surface area (Å²) in [5.74, 6) is 0. The molecule has 0 bridgehead atoms. The first kappa shape index (κ1) is 58.0. The predicted octanol–water partition coefficient (Wildman–Crippen LogP) is -2.72. The number of ether oxygens (including phenoxy) is 10. The third-order valence-electron chi connectivity index (χ3n) is 13.6. The van der Waals surface area contributed by atoms with Crippen molar-refractivity contribution in [3.05, 3.63) is 0 Å². The van der Waals surface area contributed by atoms with E-state index < -0.39 is 167 Å². The van der Waals surface area contributed by atoms with E-state index in [1.807, 2.05) is 0 Å². The molecule has 5 saturated heterocycles. The van der Waals surface area contributed by atoms with Crippen molar-refractivity contribution in [3.8, 4) is 0 Å². The summed E-state index contributed by atoms with van der Waals surface area (Å²) in [6, 6.07) is 0. The molecule has 0 aliphatic carbocycles. The molecule has 24 atom stereocenters. The maximum atomic E-state index is 11.6. The first-order chi connectivity index (χ1) is 32.5. The molecule has 68 heavy (non-hydrogen) atoms. The van der Waals surface area contributed by atoms with Crippen molar-refractivity contribution in [1.29, 1.82) is 0 Å². The molecular weight excluding hydrogens is 908 g/mol. The predicted molar refractivity (Wildman–Crippen MR) is 232 cm³/mol. The van der Waals surface area contributed by atoms with Gasteiger partial charge in [0, 0.05) is 6.61 Å². The van der Waals surface area contributed by atoms with Crippen LogP contribution in [0.1, 0.15) is 111 Å². The van der Waals surface area contributed by atoms with E-state index in [1.54, 1.807) is 0 Å². The summed E-state index contributed by atoms with van der Waals surface area (Å²) in [7, 11) is 0. The first-order valence-corrected chi connectivity index (χ1v) is 24.7. The molecule has 0 spiro atoms. The van der Waals surface area contributed by atoms with Gasteiger partial charge in [-0.3, -0.25) is 0 Å². The molecule has 0 saturated carbocycles. The van der Waals surface area contributed by atoms with E-state index in [4.69, 9.17) is 47.4 Å². The molecule has 0 radical (unpaired) electrons. The molecule has 5 rings (SSSR count). The van der Waals surface area contributed by atoms with E-state index in [1.165, 1.54) is 78.1 Å². The maximum absolute atomic E-state index is 11.6. The van der Waals surface area contributed by atoms with Crippen LogP contribution in [0.25, 0.3) is 0 Å². The number of hydrogen-bond acceptors (Lipinski definition) is 23. The Bertz CT molecular complexity index is 1390. The molecule has 5 heterocycles. The van der Waals surface area contributed by atoms with Gasteiger partial charge < -0.3 is 114 Å². The Balaban J connectivity index is 1.19. The van der Waals surface area contributed by atoms with Crippen LogP contribution in [0.3, 0.4) is 0 Å². The second kappa shape index (κ2) is 28.5. The van der Waals surface area contributed by atoms with Crippen LogP contribution in [0.5, 0.6) is 0 Å². The molecule has 5 fully saturated rings. The van der Waals surface area contributed by atoms with Crippen LogP contribution in [0.2, 0.25) is 0 Å². The van der Waals surface area contributed by atoms with Crippen LogP contribution in [-0.2, 0) is 47.4 Å². The van der Waals surface area contributed by atoms with E-state index >= 15 is 0 Å². The lowest BCUT2D eigenvalue weighted by molar-refractivity contribution is -0.402. The van der Waals surface area contributed by atoms with Crippen molar-refractivity contribution >= 4 is 0 Å². The van der Waals surface area contributed by atoms with Crippen molar-refractivity contribution in [3.63, 3.8) is 0 Å². The van der Waals surface area contributed by atoms with Gasteiger partial charge in [0.2, 0.25) is 0 Å². The minimum absolute atomic E-state index is 0.218. The topological polar surface area (TPSA) is 355 Å². The van der Waals surface area contributed by atoms with Crippen LogP contribution in [0.15, 0.2) is 0 Å². The van der Waals surface area contributed by atoms with Gasteiger partial charge in [0.15, 0.2) is 31.5 Å². The summed E-state index contributed by atoms with van der Waals surface area (Å²) in [5, 5.41) is 140. The number of aliphatic hydroxyl groups excluding tert-OH is 13. The van der Waals surface area contributed by atoms with E-state index in [0.717, 1.165) is 19.3 Å². The molecule has 23 nitrogen and oxygen atoms in total. The fraction of sp³-hybridized carbons (Fsp3) is 1.00. The summed E-state index contributed by atoms with van der Waals surface area (Å²) >= 11 is 0. The van der Waals surface area contributed by atoms with Crippen molar-refractivity contribution in [1.82, 2.24) is 0 Å². The Morgan fingerprint density at radius 1 is 0.397 bits per heavy atom. The lowest BCUT2D eigenvalue weighted by Gasteiger charge is -2.50. The maximum Gasteiger partial charge on any atom is 0.187 e. The van der Waals surface area contributed by atoms with Gasteiger partial charge in [-0.25, -0.2) is 0 Å². The number of aliphatic hydroxyl groups is 13. The van der Waals surface area contributed by atoms with Crippen LogP contribution in [0.4, 0.5) is 0 Å². The summed E-state index contributed by atoms with van der Waals surface area (Å²) in [6.45, 7) is 3.30.